The molecule has 98 valence electrons. The second-order valence-corrected chi connectivity index (χ2v) is 4.16. The Kier molecular flexibility index (Phi) is 5.06. The maximum atomic E-state index is 10.9. The molecule has 0 unspecified atom stereocenters. The molecule has 0 atom stereocenters. The van der Waals surface area contributed by atoms with Crippen LogP contribution in [-0.4, -0.2) is 34.0 Å². The molecule has 0 spiro atoms. The van der Waals surface area contributed by atoms with E-state index in [2.05, 4.69) is 0 Å². The second-order valence-electron chi connectivity index (χ2n) is 3.73. The summed E-state index contributed by atoms with van der Waals surface area (Å²) in [6.07, 6.45) is 0. The van der Waals surface area contributed by atoms with E-state index < -0.39 is 10.9 Å². The van der Waals surface area contributed by atoms with Crippen LogP contribution in [0.25, 0.3) is 0 Å². The number of carboxylic acids is 1. The largest absolute Gasteiger partial charge is 0.480 e. The number of nitro benzene ring substituents is 1. The number of carboxylic acid groups (broad SMARTS) is 1. The number of halogens is 1. The van der Waals surface area contributed by atoms with E-state index in [1.165, 1.54) is 18.2 Å². The van der Waals surface area contributed by atoms with Gasteiger partial charge < -0.3 is 5.11 Å². The molecule has 0 heterocycles. The fourth-order valence-electron chi connectivity index (χ4n) is 1.57. The first-order valence-electron chi connectivity index (χ1n) is 5.31. The average molecular weight is 273 g/mol. The lowest BCUT2D eigenvalue weighted by Gasteiger charge is -2.17. The molecule has 0 fully saturated rings. The van der Waals surface area contributed by atoms with Crippen LogP contribution in [-0.2, 0) is 11.3 Å². The van der Waals surface area contributed by atoms with E-state index >= 15 is 0 Å². The molecule has 1 aromatic carbocycles. The van der Waals surface area contributed by atoms with Crippen LogP contribution in [0.2, 0.25) is 5.02 Å². The Balaban J connectivity index is 2.96. The van der Waals surface area contributed by atoms with Crippen molar-refractivity contribution in [3.63, 3.8) is 0 Å². The topological polar surface area (TPSA) is 83.7 Å². The summed E-state index contributed by atoms with van der Waals surface area (Å²) in [6, 6.07) is 4.26. The van der Waals surface area contributed by atoms with E-state index in [0.29, 0.717) is 17.1 Å². The molecule has 7 heteroatoms. The van der Waals surface area contributed by atoms with Gasteiger partial charge in [0.1, 0.15) is 0 Å². The van der Waals surface area contributed by atoms with E-state index in [1.54, 1.807) is 11.8 Å². The number of likely N-dealkylation sites (N-methyl/N-ethyl adjacent to an activating group) is 1. The summed E-state index contributed by atoms with van der Waals surface area (Å²) in [7, 11) is 0. The first kappa shape index (κ1) is 14.4. The molecule has 0 aliphatic carbocycles. The molecule has 0 aromatic heterocycles. The molecule has 1 aromatic rings. The molecule has 0 saturated carbocycles. The Morgan fingerprint density at radius 1 is 1.56 bits per heavy atom. The van der Waals surface area contributed by atoms with Gasteiger partial charge in [0, 0.05) is 23.2 Å². The van der Waals surface area contributed by atoms with Crippen LogP contribution in [0, 0.1) is 10.1 Å². The first-order valence-corrected chi connectivity index (χ1v) is 5.68. The average Bonchev–Trinajstić information content (AvgIpc) is 2.27. The lowest BCUT2D eigenvalue weighted by atomic mass is 10.1. The van der Waals surface area contributed by atoms with E-state index in [-0.39, 0.29) is 18.8 Å². The molecular weight excluding hydrogens is 260 g/mol. The lowest BCUT2D eigenvalue weighted by molar-refractivity contribution is -0.385. The number of carbonyl (C=O) groups is 1. The van der Waals surface area contributed by atoms with Gasteiger partial charge >= 0.3 is 5.97 Å². The van der Waals surface area contributed by atoms with Crippen LogP contribution in [0.4, 0.5) is 5.69 Å². The van der Waals surface area contributed by atoms with Crippen molar-refractivity contribution in [3.8, 4) is 0 Å². The lowest BCUT2D eigenvalue weighted by Crippen LogP contribution is -2.29. The van der Waals surface area contributed by atoms with Crippen LogP contribution < -0.4 is 0 Å². The minimum Gasteiger partial charge on any atom is -0.480 e. The molecule has 0 amide bonds. The molecule has 0 bridgehead atoms. The Morgan fingerprint density at radius 3 is 2.72 bits per heavy atom. The van der Waals surface area contributed by atoms with Gasteiger partial charge in [-0.1, -0.05) is 18.5 Å². The van der Waals surface area contributed by atoms with Gasteiger partial charge in [0.15, 0.2) is 0 Å². The molecule has 0 radical (unpaired) electrons. The SMILES string of the molecule is CCN(CC(=O)O)Cc1cc(Cl)ccc1[N+](=O)[O-]. The zero-order valence-corrected chi connectivity index (χ0v) is 10.6. The van der Waals surface area contributed by atoms with Gasteiger partial charge in [-0.3, -0.25) is 19.8 Å². The number of aliphatic carboxylic acids is 1. The minimum absolute atomic E-state index is 0.0526. The highest BCUT2D eigenvalue weighted by Crippen LogP contribution is 2.23. The standard InChI is InChI=1S/C11H13ClN2O4/c1-2-13(7-11(15)16)6-8-5-9(12)3-4-10(8)14(17)18/h3-5H,2,6-7H2,1H3,(H,15,16). The van der Waals surface area contributed by atoms with Gasteiger partial charge in [-0.25, -0.2) is 0 Å². The van der Waals surface area contributed by atoms with Crippen LogP contribution in [0.5, 0.6) is 0 Å². The van der Waals surface area contributed by atoms with Gasteiger partial charge in [-0.05, 0) is 18.7 Å². The monoisotopic (exact) mass is 272 g/mol. The van der Waals surface area contributed by atoms with Crippen molar-refractivity contribution in [1.82, 2.24) is 4.90 Å². The summed E-state index contributed by atoms with van der Waals surface area (Å²) >= 11 is 5.80. The molecule has 6 nitrogen and oxygen atoms in total. The Hall–Kier alpha value is -1.66. The normalized spacial score (nSPS) is 10.6. The van der Waals surface area contributed by atoms with Gasteiger partial charge in [0.2, 0.25) is 0 Å². The van der Waals surface area contributed by atoms with Crippen LogP contribution in [0.3, 0.4) is 0 Å². The van der Waals surface area contributed by atoms with E-state index in [1.807, 2.05) is 0 Å². The third-order valence-electron chi connectivity index (χ3n) is 2.44. The van der Waals surface area contributed by atoms with Crippen LogP contribution in [0.15, 0.2) is 18.2 Å². The molecule has 0 saturated heterocycles. The number of hydrogen-bond acceptors (Lipinski definition) is 4. The van der Waals surface area contributed by atoms with Crippen molar-refractivity contribution < 1.29 is 14.8 Å². The predicted octanol–water partition coefficient (Wildman–Crippen LogP) is 2.15. The number of nitro groups is 1. The van der Waals surface area contributed by atoms with Gasteiger partial charge in [-0.15, -0.1) is 0 Å². The summed E-state index contributed by atoms with van der Waals surface area (Å²) in [5.41, 5.74) is 0.360. The summed E-state index contributed by atoms with van der Waals surface area (Å²) in [4.78, 5) is 22.6. The molecule has 1 N–H and O–H groups in total. The maximum absolute atomic E-state index is 10.9. The highest BCUT2D eigenvalue weighted by atomic mass is 35.5. The Bertz CT molecular complexity index is 464. The summed E-state index contributed by atoms with van der Waals surface area (Å²) in [5, 5.41) is 20.0. The van der Waals surface area contributed by atoms with Crippen molar-refractivity contribution in [2.45, 2.75) is 13.5 Å². The highest BCUT2D eigenvalue weighted by molar-refractivity contribution is 6.30. The predicted molar refractivity (Wildman–Crippen MR) is 66.7 cm³/mol. The molecule has 1 rings (SSSR count). The molecule has 18 heavy (non-hydrogen) atoms. The third kappa shape index (κ3) is 3.97. The number of benzene rings is 1. The minimum atomic E-state index is -0.971. The number of hydrogen-bond donors (Lipinski definition) is 1. The van der Waals surface area contributed by atoms with E-state index in [9.17, 15) is 14.9 Å². The Labute approximate surface area is 109 Å². The van der Waals surface area contributed by atoms with Crippen molar-refractivity contribution >= 4 is 23.3 Å². The van der Waals surface area contributed by atoms with Gasteiger partial charge in [0.05, 0.1) is 11.5 Å². The summed E-state index contributed by atoms with van der Waals surface area (Å²) in [5.74, 6) is -0.971. The summed E-state index contributed by atoms with van der Waals surface area (Å²) < 4.78 is 0. The zero-order valence-electron chi connectivity index (χ0n) is 9.80. The summed E-state index contributed by atoms with van der Waals surface area (Å²) in [6.45, 7) is 2.29. The maximum Gasteiger partial charge on any atom is 0.317 e. The molecule has 0 aliphatic heterocycles. The van der Waals surface area contributed by atoms with Crippen molar-refractivity contribution in [3.05, 3.63) is 38.9 Å². The van der Waals surface area contributed by atoms with Crippen molar-refractivity contribution in [2.24, 2.45) is 0 Å². The molecular formula is C11H13ClN2O4. The highest BCUT2D eigenvalue weighted by Gasteiger charge is 2.17. The van der Waals surface area contributed by atoms with Gasteiger partial charge in [0.25, 0.3) is 5.69 Å². The second kappa shape index (κ2) is 6.32. The van der Waals surface area contributed by atoms with Crippen LogP contribution >= 0.6 is 11.6 Å². The zero-order chi connectivity index (χ0) is 13.7. The van der Waals surface area contributed by atoms with Crippen LogP contribution in [0.1, 0.15) is 12.5 Å². The van der Waals surface area contributed by atoms with E-state index in [0.717, 1.165) is 0 Å². The Morgan fingerprint density at radius 2 is 2.22 bits per heavy atom. The first-order chi connectivity index (χ1) is 8.43. The fourth-order valence-corrected chi connectivity index (χ4v) is 1.77. The fraction of sp³-hybridized carbons (Fsp3) is 0.364. The third-order valence-corrected chi connectivity index (χ3v) is 2.67. The number of nitrogens with zero attached hydrogens (tertiary/aromatic N) is 2. The van der Waals surface area contributed by atoms with Crippen molar-refractivity contribution in [1.29, 1.82) is 0 Å². The van der Waals surface area contributed by atoms with Gasteiger partial charge in [-0.2, -0.15) is 0 Å². The quantitative estimate of drug-likeness (QED) is 0.634. The smallest absolute Gasteiger partial charge is 0.317 e. The van der Waals surface area contributed by atoms with E-state index in [4.69, 9.17) is 16.7 Å². The molecule has 0 aliphatic rings. The number of rotatable bonds is 6. The van der Waals surface area contributed by atoms with Crippen molar-refractivity contribution in [2.75, 3.05) is 13.1 Å².